The molecule has 2 rings (SSSR count). The van der Waals surface area contributed by atoms with E-state index in [0.29, 0.717) is 25.5 Å². The number of amides is 1. The highest BCUT2D eigenvalue weighted by molar-refractivity contribution is 7.56. The molecular formula is C21H33N2O5P. The number of nitrogens with zero attached hydrogens (tertiary/aromatic N) is 1. The zero-order valence-electron chi connectivity index (χ0n) is 17.4. The second-order valence-electron chi connectivity index (χ2n) is 7.60. The van der Waals surface area contributed by atoms with Crippen molar-refractivity contribution < 1.29 is 23.8 Å². The molecule has 2 N–H and O–H groups in total. The molecule has 3 atom stereocenters. The van der Waals surface area contributed by atoms with Gasteiger partial charge in [0.05, 0.1) is 12.6 Å². The summed E-state index contributed by atoms with van der Waals surface area (Å²) in [5, 5.41) is 12.3. The number of carboxylic acids is 1. The Kier molecular flexibility index (Phi) is 9.34. The Morgan fingerprint density at radius 2 is 2.00 bits per heavy atom. The van der Waals surface area contributed by atoms with Crippen molar-refractivity contribution in [1.82, 2.24) is 9.99 Å². The van der Waals surface area contributed by atoms with E-state index in [1.165, 1.54) is 4.90 Å². The molecule has 0 aliphatic carbocycles. The van der Waals surface area contributed by atoms with Crippen molar-refractivity contribution in [3.05, 3.63) is 35.9 Å². The number of benzene rings is 1. The topological polar surface area (TPSA) is 95.9 Å². The minimum Gasteiger partial charge on any atom is -0.480 e. The van der Waals surface area contributed by atoms with Gasteiger partial charge in [-0.25, -0.2) is 9.88 Å². The van der Waals surface area contributed by atoms with Gasteiger partial charge in [0.2, 0.25) is 5.91 Å². The molecule has 0 spiro atoms. The van der Waals surface area contributed by atoms with E-state index in [-0.39, 0.29) is 12.5 Å². The first-order chi connectivity index (χ1) is 13.9. The van der Waals surface area contributed by atoms with Gasteiger partial charge in [0.25, 0.3) is 7.52 Å². The Labute approximate surface area is 173 Å². The molecule has 1 heterocycles. The number of aliphatic carboxylic acids is 1. The highest BCUT2D eigenvalue weighted by atomic mass is 31.2. The summed E-state index contributed by atoms with van der Waals surface area (Å²) < 4.78 is 19.3. The molecular weight excluding hydrogens is 391 g/mol. The summed E-state index contributed by atoms with van der Waals surface area (Å²) in [6.45, 7) is 4.35. The first kappa shape index (κ1) is 23.6. The summed E-state index contributed by atoms with van der Waals surface area (Å²) in [5.74, 6) is -1.34. The maximum atomic E-state index is 13.5. The number of hydrogen-bond acceptors (Lipinski definition) is 4. The lowest BCUT2D eigenvalue weighted by Gasteiger charge is -2.28. The summed E-state index contributed by atoms with van der Waals surface area (Å²) >= 11 is 0. The molecule has 1 amide bonds. The minimum absolute atomic E-state index is 0.196. The number of rotatable bonds is 12. The average Bonchev–Trinajstić information content (AvgIpc) is 3.20. The Morgan fingerprint density at radius 3 is 2.66 bits per heavy atom. The van der Waals surface area contributed by atoms with Gasteiger partial charge in [-0.15, -0.1) is 0 Å². The standard InChI is InChI=1S/C21H33N2O5P/c1-3-4-5-9-15-29(27,28-16-18-11-7-6-8-12-18)22-17(2)20(24)23-14-10-13-19(23)21(25)26/h6-8,11-12,17,19H,3-5,9-10,13-16H2,1-2H3,(H,22,27)(H,25,26)/t17-,19-,29?/m0/s1. The number of carboxylic acid groups (broad SMARTS) is 1. The van der Waals surface area contributed by atoms with Gasteiger partial charge < -0.3 is 14.5 Å². The van der Waals surface area contributed by atoms with Gasteiger partial charge in [-0.1, -0.05) is 56.5 Å². The third kappa shape index (κ3) is 7.25. The predicted octanol–water partition coefficient (Wildman–Crippen LogP) is 4.03. The first-order valence-electron chi connectivity index (χ1n) is 10.4. The number of carbonyl (C=O) groups is 2. The Hall–Kier alpha value is -1.69. The molecule has 29 heavy (non-hydrogen) atoms. The van der Waals surface area contributed by atoms with Gasteiger partial charge in [0.15, 0.2) is 0 Å². The third-order valence-electron chi connectivity index (χ3n) is 5.17. The fourth-order valence-corrected chi connectivity index (χ4v) is 5.58. The van der Waals surface area contributed by atoms with E-state index in [1.807, 2.05) is 30.3 Å². The van der Waals surface area contributed by atoms with Crippen molar-refractivity contribution in [2.45, 2.75) is 71.1 Å². The predicted molar refractivity (Wildman–Crippen MR) is 113 cm³/mol. The van der Waals surface area contributed by atoms with Crippen molar-refractivity contribution in [2.24, 2.45) is 0 Å². The van der Waals surface area contributed by atoms with E-state index in [1.54, 1.807) is 6.92 Å². The van der Waals surface area contributed by atoms with E-state index in [2.05, 4.69) is 12.0 Å². The van der Waals surface area contributed by atoms with E-state index in [0.717, 1.165) is 31.2 Å². The van der Waals surface area contributed by atoms with Crippen LogP contribution in [-0.2, 0) is 25.3 Å². The average molecular weight is 424 g/mol. The van der Waals surface area contributed by atoms with Gasteiger partial charge >= 0.3 is 5.97 Å². The maximum Gasteiger partial charge on any atom is 0.326 e. The number of nitrogens with one attached hydrogen (secondary N) is 1. The minimum atomic E-state index is -3.26. The molecule has 1 aliphatic rings. The third-order valence-corrected chi connectivity index (χ3v) is 7.40. The highest BCUT2D eigenvalue weighted by Gasteiger charge is 2.37. The smallest absolute Gasteiger partial charge is 0.326 e. The molecule has 1 fully saturated rings. The van der Waals surface area contributed by atoms with Crippen LogP contribution in [0.15, 0.2) is 30.3 Å². The summed E-state index contributed by atoms with van der Waals surface area (Å²) in [7, 11) is -3.26. The molecule has 1 saturated heterocycles. The molecule has 1 unspecified atom stereocenters. The van der Waals surface area contributed by atoms with Gasteiger partial charge in [-0.3, -0.25) is 9.36 Å². The van der Waals surface area contributed by atoms with E-state index in [4.69, 9.17) is 4.52 Å². The Morgan fingerprint density at radius 1 is 1.28 bits per heavy atom. The number of unbranched alkanes of at least 4 members (excludes halogenated alkanes) is 3. The number of hydrogen-bond donors (Lipinski definition) is 2. The Balaban J connectivity index is 2.03. The van der Waals surface area contributed by atoms with Gasteiger partial charge in [-0.05, 0) is 31.7 Å². The van der Waals surface area contributed by atoms with Gasteiger partial charge in [0.1, 0.15) is 6.04 Å². The van der Waals surface area contributed by atoms with Crippen molar-refractivity contribution in [1.29, 1.82) is 0 Å². The van der Waals surface area contributed by atoms with Crippen LogP contribution in [0.2, 0.25) is 0 Å². The molecule has 0 saturated carbocycles. The molecule has 1 aliphatic heterocycles. The van der Waals surface area contributed by atoms with Crippen LogP contribution in [0.3, 0.4) is 0 Å². The van der Waals surface area contributed by atoms with E-state index in [9.17, 15) is 19.3 Å². The lowest BCUT2D eigenvalue weighted by atomic mass is 10.2. The summed E-state index contributed by atoms with van der Waals surface area (Å²) in [6, 6.07) is 7.91. The van der Waals surface area contributed by atoms with Gasteiger partial charge in [0, 0.05) is 12.7 Å². The highest BCUT2D eigenvalue weighted by Crippen LogP contribution is 2.45. The van der Waals surface area contributed by atoms with E-state index < -0.39 is 25.6 Å². The first-order valence-corrected chi connectivity index (χ1v) is 12.3. The van der Waals surface area contributed by atoms with Crippen molar-refractivity contribution >= 4 is 19.4 Å². The SMILES string of the molecule is CCCCCCP(=O)(N[C@@H](C)C(=O)N1CCC[C@H]1C(=O)O)OCc1ccccc1. The number of likely N-dealkylation sites (tertiary alicyclic amines) is 1. The van der Waals surface area contributed by atoms with Crippen molar-refractivity contribution in [3.63, 3.8) is 0 Å². The number of carbonyl (C=O) groups excluding carboxylic acids is 1. The molecule has 0 aromatic heterocycles. The zero-order chi connectivity index (χ0) is 21.3. The van der Waals surface area contributed by atoms with Gasteiger partial charge in [-0.2, -0.15) is 0 Å². The molecule has 162 valence electrons. The summed E-state index contributed by atoms with van der Waals surface area (Å²) in [4.78, 5) is 25.6. The fraction of sp³-hybridized carbons (Fsp3) is 0.619. The van der Waals surface area contributed by atoms with Crippen LogP contribution in [0.4, 0.5) is 0 Å². The zero-order valence-corrected chi connectivity index (χ0v) is 18.3. The summed E-state index contributed by atoms with van der Waals surface area (Å²) in [5.41, 5.74) is 0.910. The Bertz CT molecular complexity index is 712. The second kappa shape index (κ2) is 11.5. The van der Waals surface area contributed by atoms with Crippen LogP contribution >= 0.6 is 7.52 Å². The van der Waals surface area contributed by atoms with Crippen LogP contribution in [0.5, 0.6) is 0 Å². The quantitative estimate of drug-likeness (QED) is 0.389. The molecule has 0 radical (unpaired) electrons. The molecule has 0 bridgehead atoms. The summed E-state index contributed by atoms with van der Waals surface area (Å²) in [6.07, 6.45) is 5.29. The largest absolute Gasteiger partial charge is 0.480 e. The lowest BCUT2D eigenvalue weighted by molar-refractivity contribution is -0.148. The second-order valence-corrected chi connectivity index (χ2v) is 9.91. The monoisotopic (exact) mass is 424 g/mol. The van der Waals surface area contributed by atoms with Crippen LogP contribution in [-0.4, -0.2) is 46.7 Å². The van der Waals surface area contributed by atoms with E-state index >= 15 is 0 Å². The maximum absolute atomic E-state index is 13.5. The van der Waals surface area contributed by atoms with Crippen LogP contribution < -0.4 is 5.09 Å². The molecule has 8 heteroatoms. The van der Waals surface area contributed by atoms with Crippen molar-refractivity contribution in [2.75, 3.05) is 12.7 Å². The van der Waals surface area contributed by atoms with Crippen molar-refractivity contribution in [3.8, 4) is 0 Å². The molecule has 7 nitrogen and oxygen atoms in total. The fourth-order valence-electron chi connectivity index (χ4n) is 3.55. The normalized spacial score (nSPS) is 19.7. The molecule has 1 aromatic rings. The van der Waals surface area contributed by atoms with Crippen LogP contribution in [0.1, 0.15) is 57.9 Å². The van der Waals surface area contributed by atoms with Crippen LogP contribution in [0, 0.1) is 0 Å². The molecule has 1 aromatic carbocycles. The van der Waals surface area contributed by atoms with Crippen LogP contribution in [0.25, 0.3) is 0 Å². The lowest BCUT2D eigenvalue weighted by Crippen LogP contribution is -2.48.